The van der Waals surface area contributed by atoms with Crippen LogP contribution in [0.25, 0.3) is 0 Å². The predicted molar refractivity (Wildman–Crippen MR) is 109 cm³/mol. The molecule has 0 spiro atoms. The maximum absolute atomic E-state index is 12.7. The Hall–Kier alpha value is -2.45. The number of rotatable bonds is 11. The van der Waals surface area contributed by atoms with Crippen LogP contribution >= 0.6 is 0 Å². The number of aliphatic hydroxyl groups excluding tert-OH is 1. The molecule has 0 aliphatic rings. The molecule has 162 valence electrons. The van der Waals surface area contributed by atoms with Crippen LogP contribution in [0.3, 0.4) is 0 Å². The van der Waals surface area contributed by atoms with Gasteiger partial charge in [-0.2, -0.15) is 0 Å². The highest BCUT2D eigenvalue weighted by atomic mass is 16.7. The average Bonchev–Trinajstić information content (AvgIpc) is 2.64. The molecule has 1 rings (SSSR count). The van der Waals surface area contributed by atoms with Crippen LogP contribution in [0.5, 0.6) is 0 Å². The number of carbonyl (C=O) groups excluding carboxylic acids is 3. The molecule has 0 saturated heterocycles. The van der Waals surface area contributed by atoms with E-state index in [1.807, 2.05) is 44.2 Å². The topological polar surface area (TPSA) is 117 Å². The second-order valence-electron chi connectivity index (χ2n) is 7.84. The summed E-state index contributed by atoms with van der Waals surface area (Å²) >= 11 is 0. The van der Waals surface area contributed by atoms with E-state index in [1.54, 1.807) is 13.8 Å². The van der Waals surface area contributed by atoms with Gasteiger partial charge in [-0.05, 0) is 23.8 Å². The van der Waals surface area contributed by atoms with Gasteiger partial charge in [-0.15, -0.1) is 0 Å². The molecule has 0 radical (unpaired) electrons. The summed E-state index contributed by atoms with van der Waals surface area (Å²) in [6.45, 7) is 8.79. The Bertz CT molecular complexity index is 664. The van der Waals surface area contributed by atoms with Crippen molar-refractivity contribution in [2.24, 2.45) is 11.8 Å². The van der Waals surface area contributed by atoms with E-state index in [1.165, 1.54) is 6.92 Å². The zero-order chi connectivity index (χ0) is 22.0. The van der Waals surface area contributed by atoms with Gasteiger partial charge in [-0.1, -0.05) is 58.0 Å². The van der Waals surface area contributed by atoms with E-state index >= 15 is 0 Å². The van der Waals surface area contributed by atoms with Crippen LogP contribution in [-0.4, -0.2) is 41.0 Å². The lowest BCUT2D eigenvalue weighted by Crippen LogP contribution is -2.58. The average molecular weight is 408 g/mol. The fourth-order valence-electron chi connectivity index (χ4n) is 2.72. The van der Waals surface area contributed by atoms with Crippen LogP contribution < -0.4 is 16.1 Å². The zero-order valence-electron chi connectivity index (χ0n) is 17.8. The molecule has 4 N–H and O–H groups in total. The van der Waals surface area contributed by atoms with Crippen LogP contribution in [0.15, 0.2) is 30.3 Å². The zero-order valence-corrected chi connectivity index (χ0v) is 17.8. The van der Waals surface area contributed by atoms with Crippen molar-refractivity contribution in [1.82, 2.24) is 16.1 Å². The summed E-state index contributed by atoms with van der Waals surface area (Å²) in [5, 5.41) is 15.6. The Balaban J connectivity index is 2.80. The van der Waals surface area contributed by atoms with Crippen molar-refractivity contribution in [3.8, 4) is 0 Å². The summed E-state index contributed by atoms with van der Waals surface area (Å²) in [6.07, 6.45) is -0.724. The summed E-state index contributed by atoms with van der Waals surface area (Å²) in [7, 11) is 0. The second-order valence-corrected chi connectivity index (χ2v) is 7.84. The van der Waals surface area contributed by atoms with Gasteiger partial charge in [-0.25, -0.2) is 5.48 Å². The van der Waals surface area contributed by atoms with Gasteiger partial charge in [-0.3, -0.25) is 19.2 Å². The fraction of sp³-hybridized carbons (Fsp3) is 0.571. The first-order valence-electron chi connectivity index (χ1n) is 9.82. The maximum Gasteiger partial charge on any atom is 0.268 e. The first-order chi connectivity index (χ1) is 13.6. The van der Waals surface area contributed by atoms with Crippen LogP contribution in [0.2, 0.25) is 0 Å². The van der Waals surface area contributed by atoms with Crippen molar-refractivity contribution in [3.63, 3.8) is 0 Å². The molecule has 1 aromatic carbocycles. The molecule has 0 heterocycles. The molecular formula is C21H33N3O5. The second kappa shape index (κ2) is 12.2. The van der Waals surface area contributed by atoms with Crippen molar-refractivity contribution in [1.29, 1.82) is 0 Å². The number of amides is 3. The molecular weight excluding hydrogens is 374 g/mol. The third kappa shape index (κ3) is 9.06. The minimum atomic E-state index is -1.22. The molecule has 1 aromatic rings. The standard InChI is InChI=1S/C21H33N3O5/c1-13(2)11-17(22-15(5)25)20(27)23-18(19(26)14(3)4)21(28)24-29-12-16-9-7-6-8-10-16/h6-10,13-14,17-19,26H,11-12H2,1-5H3,(H,22,25)(H,23,27)(H,24,28)/t17-,18-,19+/m1/s1. The number of carbonyl (C=O) groups is 3. The third-order valence-corrected chi connectivity index (χ3v) is 4.26. The summed E-state index contributed by atoms with van der Waals surface area (Å²) < 4.78 is 0. The molecule has 0 aromatic heterocycles. The Morgan fingerprint density at radius 3 is 2.14 bits per heavy atom. The van der Waals surface area contributed by atoms with Crippen LogP contribution in [0.4, 0.5) is 0 Å². The van der Waals surface area contributed by atoms with Gasteiger partial charge in [0.25, 0.3) is 5.91 Å². The van der Waals surface area contributed by atoms with Crippen molar-refractivity contribution in [3.05, 3.63) is 35.9 Å². The molecule has 8 nitrogen and oxygen atoms in total. The number of benzene rings is 1. The molecule has 0 aliphatic heterocycles. The highest BCUT2D eigenvalue weighted by Gasteiger charge is 2.33. The normalized spacial score (nSPS) is 14.2. The van der Waals surface area contributed by atoms with E-state index in [0.717, 1.165) is 5.56 Å². The van der Waals surface area contributed by atoms with E-state index in [4.69, 9.17) is 4.84 Å². The number of nitrogens with one attached hydrogen (secondary N) is 3. The number of aliphatic hydroxyl groups is 1. The number of hydrogen-bond acceptors (Lipinski definition) is 5. The molecule has 0 saturated carbocycles. The van der Waals surface area contributed by atoms with Crippen LogP contribution in [-0.2, 0) is 25.8 Å². The van der Waals surface area contributed by atoms with Crippen molar-refractivity contribution >= 4 is 17.7 Å². The van der Waals surface area contributed by atoms with Gasteiger partial charge >= 0.3 is 0 Å². The molecule has 0 bridgehead atoms. The third-order valence-electron chi connectivity index (χ3n) is 4.26. The molecule has 29 heavy (non-hydrogen) atoms. The first-order valence-corrected chi connectivity index (χ1v) is 9.82. The molecule has 8 heteroatoms. The number of hydrogen-bond donors (Lipinski definition) is 4. The Labute approximate surface area is 172 Å². The molecule has 0 fully saturated rings. The molecule has 3 amide bonds. The van der Waals surface area contributed by atoms with E-state index < -0.39 is 30.0 Å². The minimum absolute atomic E-state index is 0.146. The van der Waals surface area contributed by atoms with Crippen molar-refractivity contribution in [2.75, 3.05) is 0 Å². The van der Waals surface area contributed by atoms with Crippen molar-refractivity contribution in [2.45, 2.75) is 65.8 Å². The molecule has 0 unspecified atom stereocenters. The largest absolute Gasteiger partial charge is 0.390 e. The Kier molecular flexibility index (Phi) is 10.3. The molecule has 3 atom stereocenters. The summed E-state index contributed by atoms with van der Waals surface area (Å²) in [5.41, 5.74) is 3.15. The van der Waals surface area contributed by atoms with E-state index in [9.17, 15) is 19.5 Å². The fourth-order valence-corrected chi connectivity index (χ4v) is 2.72. The van der Waals surface area contributed by atoms with Crippen LogP contribution in [0, 0.1) is 11.8 Å². The Morgan fingerprint density at radius 2 is 1.62 bits per heavy atom. The van der Waals surface area contributed by atoms with Gasteiger partial charge in [0.1, 0.15) is 12.1 Å². The van der Waals surface area contributed by atoms with Crippen molar-refractivity contribution < 1.29 is 24.3 Å². The summed E-state index contributed by atoms with van der Waals surface area (Å²) in [4.78, 5) is 41.9. The van der Waals surface area contributed by atoms with E-state index in [2.05, 4.69) is 16.1 Å². The maximum atomic E-state index is 12.7. The lowest BCUT2D eigenvalue weighted by atomic mass is 9.97. The Morgan fingerprint density at radius 1 is 1.00 bits per heavy atom. The number of hydroxylamine groups is 1. The first kappa shape index (κ1) is 24.6. The van der Waals surface area contributed by atoms with Crippen LogP contribution in [0.1, 0.15) is 46.6 Å². The quantitative estimate of drug-likeness (QED) is 0.413. The lowest BCUT2D eigenvalue weighted by Gasteiger charge is -2.28. The summed E-state index contributed by atoms with van der Waals surface area (Å²) in [6, 6.07) is 7.24. The highest BCUT2D eigenvalue weighted by molar-refractivity contribution is 5.91. The van der Waals surface area contributed by atoms with Gasteiger partial charge in [0.2, 0.25) is 11.8 Å². The van der Waals surface area contributed by atoms with E-state index in [-0.39, 0.29) is 24.3 Å². The lowest BCUT2D eigenvalue weighted by molar-refractivity contribution is -0.143. The van der Waals surface area contributed by atoms with Gasteiger partial charge in [0, 0.05) is 6.92 Å². The minimum Gasteiger partial charge on any atom is -0.390 e. The summed E-state index contributed by atoms with van der Waals surface area (Å²) in [5.74, 6) is -1.68. The molecule has 0 aliphatic carbocycles. The van der Waals surface area contributed by atoms with E-state index in [0.29, 0.717) is 6.42 Å². The predicted octanol–water partition coefficient (Wildman–Crippen LogP) is 1.29. The highest BCUT2D eigenvalue weighted by Crippen LogP contribution is 2.10. The SMILES string of the molecule is CC(=O)N[C@H](CC(C)C)C(=O)N[C@@H](C(=O)NOCc1ccccc1)[C@@H](O)C(C)C. The monoisotopic (exact) mass is 407 g/mol. The smallest absolute Gasteiger partial charge is 0.268 e. The van der Waals surface area contributed by atoms with Gasteiger partial charge < -0.3 is 15.7 Å². The van der Waals surface area contributed by atoms with Gasteiger partial charge in [0.15, 0.2) is 0 Å². The van der Waals surface area contributed by atoms with Gasteiger partial charge in [0.05, 0.1) is 12.7 Å².